The van der Waals surface area contributed by atoms with E-state index in [2.05, 4.69) is 15.1 Å². The van der Waals surface area contributed by atoms with Crippen LogP contribution in [-0.4, -0.2) is 96.4 Å². The maximum absolute atomic E-state index is 15.4. The number of primary amides is 1. The fraction of sp³-hybridized carbons (Fsp3) is 0.700. The van der Waals surface area contributed by atoms with Gasteiger partial charge in [-0.15, -0.1) is 0 Å². The summed E-state index contributed by atoms with van der Waals surface area (Å²) in [7, 11) is 0. The van der Waals surface area contributed by atoms with Gasteiger partial charge in [-0.2, -0.15) is 0 Å². The van der Waals surface area contributed by atoms with Crippen LogP contribution in [-0.2, 0) is 25.5 Å². The van der Waals surface area contributed by atoms with Crippen molar-refractivity contribution in [1.29, 1.82) is 0 Å². The molecule has 11 heteroatoms. The molecule has 4 saturated heterocycles. The van der Waals surface area contributed by atoms with Gasteiger partial charge in [0.15, 0.2) is 0 Å². The van der Waals surface area contributed by atoms with Gasteiger partial charge in [-0.25, -0.2) is 9.18 Å². The Morgan fingerprint density at radius 3 is 2.56 bits per heavy atom. The number of amides is 3. The van der Waals surface area contributed by atoms with E-state index in [-0.39, 0.29) is 18.4 Å². The van der Waals surface area contributed by atoms with Gasteiger partial charge in [0.05, 0.1) is 19.3 Å². The van der Waals surface area contributed by atoms with Crippen molar-refractivity contribution >= 4 is 23.6 Å². The van der Waals surface area contributed by atoms with Gasteiger partial charge in [0, 0.05) is 43.8 Å². The zero-order chi connectivity index (χ0) is 29.1. The molecule has 6 atom stereocenters. The van der Waals surface area contributed by atoms with Gasteiger partial charge >= 0.3 is 6.09 Å². The van der Waals surface area contributed by atoms with Crippen molar-refractivity contribution in [3.8, 4) is 0 Å². The van der Waals surface area contributed by atoms with E-state index in [1.807, 2.05) is 6.07 Å². The Balaban J connectivity index is 1.12. The molecule has 3 amide bonds. The Hall–Kier alpha value is -2.92. The molecule has 4 aliphatic heterocycles. The van der Waals surface area contributed by atoms with Crippen LogP contribution in [0, 0.1) is 17.7 Å². The van der Waals surface area contributed by atoms with E-state index < -0.39 is 41.4 Å². The Morgan fingerprint density at radius 1 is 1.12 bits per heavy atom. The molecule has 2 bridgehead atoms. The van der Waals surface area contributed by atoms with Crippen molar-refractivity contribution in [3.05, 3.63) is 29.6 Å². The number of anilines is 1. The fourth-order valence-electron chi connectivity index (χ4n) is 7.53. The average Bonchev–Trinajstić information content (AvgIpc) is 3.63. The number of hydrogen-bond acceptors (Lipinski definition) is 7. The molecule has 41 heavy (non-hydrogen) atoms. The van der Waals surface area contributed by atoms with E-state index in [0.29, 0.717) is 23.6 Å². The molecule has 1 aromatic rings. The third-order valence-electron chi connectivity index (χ3n) is 9.62. The number of likely N-dealkylation sites (tertiary alicyclic amines) is 2. The molecule has 0 aromatic heterocycles. The van der Waals surface area contributed by atoms with Crippen LogP contribution in [0.2, 0.25) is 0 Å². The van der Waals surface area contributed by atoms with E-state index in [1.54, 1.807) is 26.8 Å². The van der Waals surface area contributed by atoms with Gasteiger partial charge in [-0.3, -0.25) is 19.4 Å². The van der Waals surface area contributed by atoms with Crippen molar-refractivity contribution in [2.75, 3.05) is 37.7 Å². The highest BCUT2D eigenvalue weighted by molar-refractivity contribution is 5.91. The molecule has 5 fully saturated rings. The van der Waals surface area contributed by atoms with Gasteiger partial charge < -0.3 is 25.4 Å². The number of nitrogens with zero attached hydrogens (tertiary/aromatic N) is 3. The van der Waals surface area contributed by atoms with Crippen molar-refractivity contribution in [2.24, 2.45) is 17.6 Å². The largest absolute Gasteiger partial charge is 0.444 e. The summed E-state index contributed by atoms with van der Waals surface area (Å²) in [4.78, 5) is 45.1. The lowest BCUT2D eigenvalue weighted by atomic mass is 9.97. The van der Waals surface area contributed by atoms with Crippen LogP contribution in [0.1, 0.15) is 52.0 Å². The van der Waals surface area contributed by atoms with E-state index in [4.69, 9.17) is 15.2 Å². The van der Waals surface area contributed by atoms with Crippen molar-refractivity contribution in [1.82, 2.24) is 15.1 Å². The van der Waals surface area contributed by atoms with Gasteiger partial charge in [0.1, 0.15) is 23.5 Å². The number of ether oxygens (including phenoxy) is 2. The number of rotatable bonds is 7. The predicted molar refractivity (Wildman–Crippen MR) is 150 cm³/mol. The van der Waals surface area contributed by atoms with Crippen LogP contribution in [0.5, 0.6) is 0 Å². The first-order chi connectivity index (χ1) is 19.5. The zero-order valence-corrected chi connectivity index (χ0v) is 24.2. The second-order valence-electron chi connectivity index (χ2n) is 13.5. The molecule has 0 radical (unpaired) electrons. The second-order valence-corrected chi connectivity index (χ2v) is 13.5. The Morgan fingerprint density at radius 2 is 1.90 bits per heavy atom. The van der Waals surface area contributed by atoms with Crippen LogP contribution in [0.4, 0.5) is 14.9 Å². The first-order valence-electron chi connectivity index (χ1n) is 15.0. The quantitative estimate of drug-likeness (QED) is 0.514. The Bertz CT molecular complexity index is 1200. The lowest BCUT2D eigenvalue weighted by molar-refractivity contribution is -0.132. The molecule has 2 unspecified atom stereocenters. The van der Waals surface area contributed by atoms with Crippen molar-refractivity contribution in [2.45, 2.75) is 88.7 Å². The highest BCUT2D eigenvalue weighted by Crippen LogP contribution is 2.43. The topological polar surface area (TPSA) is 117 Å². The van der Waals surface area contributed by atoms with Crippen molar-refractivity contribution < 1.29 is 28.2 Å². The van der Waals surface area contributed by atoms with Crippen LogP contribution < -0.4 is 16.0 Å². The smallest absolute Gasteiger partial charge is 0.411 e. The minimum absolute atomic E-state index is 0.00955. The molecule has 3 N–H and O–H groups in total. The number of nitrogens with two attached hydrogens (primary N) is 1. The predicted octanol–water partition coefficient (Wildman–Crippen LogP) is 2.04. The maximum Gasteiger partial charge on any atom is 0.411 e. The molecule has 6 rings (SSSR count). The molecule has 0 spiro atoms. The van der Waals surface area contributed by atoms with E-state index in [1.165, 1.54) is 11.0 Å². The summed E-state index contributed by atoms with van der Waals surface area (Å²) in [6, 6.07) is 4.07. The first-order valence-corrected chi connectivity index (χ1v) is 15.0. The van der Waals surface area contributed by atoms with Crippen molar-refractivity contribution in [3.63, 3.8) is 0 Å². The number of hydrogen-bond donors (Lipinski definition) is 2. The Labute approximate surface area is 240 Å². The highest BCUT2D eigenvalue weighted by atomic mass is 19.1. The average molecular weight is 572 g/mol. The molecule has 10 nitrogen and oxygen atoms in total. The number of piperidine rings is 1. The van der Waals surface area contributed by atoms with Gasteiger partial charge in [-0.1, -0.05) is 6.07 Å². The molecule has 1 aromatic carbocycles. The molecular formula is C30H42FN5O5. The van der Waals surface area contributed by atoms with Crippen LogP contribution in [0.25, 0.3) is 0 Å². The molecular weight excluding hydrogens is 529 g/mol. The molecule has 224 valence electrons. The number of nitrogens with one attached hydrogen (secondary N) is 1. The summed E-state index contributed by atoms with van der Waals surface area (Å²) in [6.45, 7) is 9.85. The van der Waals surface area contributed by atoms with Gasteiger partial charge in [0.25, 0.3) is 0 Å². The monoisotopic (exact) mass is 571 g/mol. The minimum atomic E-state index is -1.10. The van der Waals surface area contributed by atoms with Crippen LogP contribution in [0.15, 0.2) is 18.2 Å². The standard InChI is InChI=1S/C30H42FN5O5/c1-30(2,3)41-29(39)36-21-7-5-18(10-21)26(36)28(38)33-24(27(32)37)11-17-4-6-20(12-23(17)31)35-9-8-19-13-34(14-25(19)35)22-15-40-16-22/h4,6,12,18-19,21-22,24-26H,5,7-11,13-16H2,1-3H3,(H2,32,37)(H,33,38)/t18-,19?,21+,24-,25?,26-/m0/s1. The zero-order valence-electron chi connectivity index (χ0n) is 24.2. The second kappa shape index (κ2) is 10.7. The highest BCUT2D eigenvalue weighted by Gasteiger charge is 2.53. The molecule has 1 saturated carbocycles. The number of fused-ring (bicyclic) bond motifs is 3. The van der Waals surface area contributed by atoms with E-state index in [0.717, 1.165) is 64.2 Å². The summed E-state index contributed by atoms with van der Waals surface area (Å²) >= 11 is 0. The number of benzene rings is 1. The number of carbonyl (C=O) groups is 3. The molecule has 4 heterocycles. The Kier molecular flexibility index (Phi) is 7.38. The maximum atomic E-state index is 15.4. The summed E-state index contributed by atoms with van der Waals surface area (Å²) in [5.41, 5.74) is 6.12. The normalized spacial score (nSPS) is 30.3. The summed E-state index contributed by atoms with van der Waals surface area (Å²) in [5.74, 6) is -1.07. The van der Waals surface area contributed by atoms with Gasteiger partial charge in [-0.05, 0) is 76.0 Å². The summed E-state index contributed by atoms with van der Waals surface area (Å²) in [6.07, 6.45) is 2.84. The SMILES string of the molecule is CC(C)(C)OC(=O)N1[C@@H]2CC[C@@H](C2)[C@H]1C(=O)N[C@@H](Cc1ccc(N2CCC3CN(C4COC4)CC32)cc1F)C(N)=O. The lowest BCUT2D eigenvalue weighted by Gasteiger charge is -2.36. The molecule has 1 aliphatic carbocycles. The fourth-order valence-corrected chi connectivity index (χ4v) is 7.53. The third-order valence-corrected chi connectivity index (χ3v) is 9.62. The number of carbonyl (C=O) groups excluding carboxylic acids is 3. The minimum Gasteiger partial charge on any atom is -0.444 e. The van der Waals surface area contributed by atoms with Crippen LogP contribution >= 0.6 is 0 Å². The lowest BCUT2D eigenvalue weighted by Crippen LogP contribution is -2.57. The first kappa shape index (κ1) is 28.2. The van der Waals surface area contributed by atoms with Gasteiger partial charge in [0.2, 0.25) is 11.8 Å². The van der Waals surface area contributed by atoms with E-state index >= 15 is 4.39 Å². The number of halogens is 1. The summed E-state index contributed by atoms with van der Waals surface area (Å²) < 4.78 is 26.4. The third kappa shape index (κ3) is 5.50. The van der Waals surface area contributed by atoms with E-state index in [9.17, 15) is 14.4 Å². The molecule has 5 aliphatic rings. The van der Waals surface area contributed by atoms with Crippen LogP contribution in [0.3, 0.4) is 0 Å². The summed E-state index contributed by atoms with van der Waals surface area (Å²) in [5, 5.41) is 2.74.